The van der Waals surface area contributed by atoms with Crippen molar-refractivity contribution in [1.29, 1.82) is 0 Å². The van der Waals surface area contributed by atoms with E-state index in [9.17, 15) is 0 Å². The van der Waals surface area contributed by atoms with Crippen LogP contribution in [0.15, 0.2) is 53.5 Å². The zero-order chi connectivity index (χ0) is 17.5. The van der Waals surface area contributed by atoms with E-state index in [1.165, 1.54) is 11.1 Å². The molecule has 0 aliphatic heterocycles. The van der Waals surface area contributed by atoms with Crippen molar-refractivity contribution >= 4 is 11.5 Å². The Morgan fingerprint density at radius 1 is 1.16 bits per heavy atom. The normalized spacial score (nSPS) is 11.8. The van der Waals surface area contributed by atoms with Gasteiger partial charge in [-0.3, -0.25) is 4.99 Å². The maximum Gasteiger partial charge on any atom is 1.00 e. The number of nitrogens with two attached hydrogens (primary N) is 1. The summed E-state index contributed by atoms with van der Waals surface area (Å²) in [7, 11) is 1.65. The molecular weight excluding hydrogens is 321 g/mol. The molecule has 0 aromatic heterocycles. The van der Waals surface area contributed by atoms with Gasteiger partial charge in [0, 0.05) is 6.54 Å². The van der Waals surface area contributed by atoms with E-state index >= 15 is 0 Å². The summed E-state index contributed by atoms with van der Waals surface area (Å²) in [5.74, 6) is 1.23. The summed E-state index contributed by atoms with van der Waals surface area (Å²) in [4.78, 5) is 4.35. The van der Waals surface area contributed by atoms with Crippen molar-refractivity contribution in [3.8, 4) is 5.75 Å². The van der Waals surface area contributed by atoms with Gasteiger partial charge >= 0.3 is 29.6 Å². The predicted molar refractivity (Wildman–Crippen MR) is 101 cm³/mol. The molecule has 126 valence electrons. The summed E-state index contributed by atoms with van der Waals surface area (Å²) in [5, 5.41) is 0. The largest absolute Gasteiger partial charge is 1.00 e. The summed E-state index contributed by atoms with van der Waals surface area (Å²) < 4.78 is 5.14. The molecular formula is C20H24N3NaO. The van der Waals surface area contributed by atoms with Crippen molar-refractivity contribution < 1.29 is 34.3 Å². The molecule has 5 heteroatoms. The van der Waals surface area contributed by atoms with Crippen LogP contribution in [-0.2, 0) is 6.42 Å². The van der Waals surface area contributed by atoms with Gasteiger partial charge in [-0.25, -0.2) is 0 Å². The first kappa shape index (κ1) is 21.3. The summed E-state index contributed by atoms with van der Waals surface area (Å²) in [6.07, 6.45) is 2.42. The topological polar surface area (TPSA) is 71.4 Å². The molecule has 0 radical (unpaired) electrons. The third-order valence-corrected chi connectivity index (χ3v) is 4.04. The van der Waals surface area contributed by atoms with Gasteiger partial charge in [0.1, 0.15) is 11.6 Å². The van der Waals surface area contributed by atoms with E-state index in [4.69, 9.17) is 16.2 Å². The van der Waals surface area contributed by atoms with Crippen LogP contribution in [0.2, 0.25) is 0 Å². The number of ether oxygens (including phenoxy) is 1. The molecule has 0 heterocycles. The summed E-state index contributed by atoms with van der Waals surface area (Å²) in [6, 6.07) is 13.8. The van der Waals surface area contributed by atoms with Gasteiger partial charge in [-0.15, -0.1) is 5.70 Å². The molecule has 2 aromatic carbocycles. The Kier molecular flexibility index (Phi) is 8.76. The van der Waals surface area contributed by atoms with Crippen molar-refractivity contribution in [3.63, 3.8) is 0 Å². The van der Waals surface area contributed by atoms with Gasteiger partial charge in [0.2, 0.25) is 0 Å². The average molecular weight is 345 g/mol. The molecule has 2 aromatic rings. The number of methoxy groups -OCH3 is 1. The Morgan fingerprint density at radius 3 is 2.48 bits per heavy atom. The van der Waals surface area contributed by atoms with Crippen LogP contribution < -0.4 is 40.0 Å². The Hall–Kier alpha value is -1.75. The second kappa shape index (κ2) is 10.3. The van der Waals surface area contributed by atoms with Crippen LogP contribution in [0.25, 0.3) is 11.4 Å². The third kappa shape index (κ3) is 6.24. The molecule has 25 heavy (non-hydrogen) atoms. The number of benzene rings is 2. The van der Waals surface area contributed by atoms with Gasteiger partial charge in [-0.1, -0.05) is 30.3 Å². The number of nitrogens with zero attached hydrogens (tertiary/aromatic N) is 1. The van der Waals surface area contributed by atoms with Crippen molar-refractivity contribution in [3.05, 3.63) is 76.5 Å². The van der Waals surface area contributed by atoms with Crippen molar-refractivity contribution in [2.45, 2.75) is 20.3 Å². The SMILES string of the molecule is COc1ccc(CCN=C(N)/C=C(\[NH-])c2cccc(C)c2C)cc1.[Na+]. The fourth-order valence-corrected chi connectivity index (χ4v) is 2.42. The predicted octanol–water partition coefficient (Wildman–Crippen LogP) is 1.31. The van der Waals surface area contributed by atoms with Crippen LogP contribution in [0, 0.1) is 13.8 Å². The van der Waals surface area contributed by atoms with Crippen LogP contribution in [-0.4, -0.2) is 19.5 Å². The molecule has 0 aliphatic carbocycles. The van der Waals surface area contributed by atoms with Crippen LogP contribution in [0.3, 0.4) is 0 Å². The first-order valence-electron chi connectivity index (χ1n) is 7.94. The van der Waals surface area contributed by atoms with E-state index in [1.54, 1.807) is 13.2 Å². The van der Waals surface area contributed by atoms with Gasteiger partial charge in [-0.2, -0.15) is 0 Å². The molecule has 0 saturated heterocycles. The first-order valence-corrected chi connectivity index (χ1v) is 7.94. The quantitative estimate of drug-likeness (QED) is 0.487. The number of nitrogens with one attached hydrogen (secondary N) is 1. The van der Waals surface area contributed by atoms with Crippen LogP contribution in [0.1, 0.15) is 22.3 Å². The molecule has 0 aliphatic rings. The minimum Gasteiger partial charge on any atom is -0.698 e. The Morgan fingerprint density at radius 2 is 1.84 bits per heavy atom. The fourth-order valence-electron chi connectivity index (χ4n) is 2.42. The molecule has 0 bridgehead atoms. The average Bonchev–Trinajstić information content (AvgIpc) is 2.57. The molecule has 0 amide bonds. The van der Waals surface area contributed by atoms with Crippen molar-refractivity contribution in [2.75, 3.05) is 13.7 Å². The minimum absolute atomic E-state index is 0. The molecule has 0 spiro atoms. The van der Waals surface area contributed by atoms with Gasteiger partial charge in [-0.05, 0) is 60.7 Å². The first-order chi connectivity index (χ1) is 11.5. The molecule has 2 rings (SSSR count). The molecule has 4 nitrogen and oxygen atoms in total. The van der Waals surface area contributed by atoms with E-state index in [1.807, 2.05) is 56.3 Å². The van der Waals surface area contributed by atoms with E-state index in [2.05, 4.69) is 4.99 Å². The van der Waals surface area contributed by atoms with Crippen molar-refractivity contribution in [1.82, 2.24) is 0 Å². The molecule has 3 N–H and O–H groups in total. The summed E-state index contributed by atoms with van der Waals surface area (Å²) in [5.41, 5.74) is 18.9. The zero-order valence-electron chi connectivity index (χ0n) is 15.5. The number of aryl methyl sites for hydroxylation is 1. The monoisotopic (exact) mass is 345 g/mol. The van der Waals surface area contributed by atoms with Crippen LogP contribution >= 0.6 is 0 Å². The van der Waals surface area contributed by atoms with E-state index in [-0.39, 0.29) is 29.6 Å². The number of hydrogen-bond acceptors (Lipinski definition) is 2. The maximum absolute atomic E-state index is 8.21. The number of rotatable bonds is 6. The minimum atomic E-state index is 0. The van der Waals surface area contributed by atoms with E-state index in [0.717, 1.165) is 23.3 Å². The molecule has 0 unspecified atom stereocenters. The Labute approximate surface area is 172 Å². The van der Waals surface area contributed by atoms with Gasteiger partial charge in [0.15, 0.2) is 0 Å². The van der Waals surface area contributed by atoms with Gasteiger partial charge < -0.3 is 16.2 Å². The maximum atomic E-state index is 8.21. The summed E-state index contributed by atoms with van der Waals surface area (Å²) >= 11 is 0. The molecule has 0 atom stereocenters. The van der Waals surface area contributed by atoms with Gasteiger partial charge in [0.25, 0.3) is 0 Å². The Balaban J connectivity index is 0.00000312. The standard InChI is InChI=1S/C20H24N3O.Na/c1-14-5-4-6-18(15(14)2)19(21)13-20(22)23-12-11-16-7-9-17(24-3)10-8-16;/h4-10,13,21H,11-12H2,1-3H3,(H2,22,23);/q-1;+1/b19-13-;. The zero-order valence-corrected chi connectivity index (χ0v) is 17.5. The second-order valence-corrected chi connectivity index (χ2v) is 5.71. The van der Waals surface area contributed by atoms with Gasteiger partial charge in [0.05, 0.1) is 7.11 Å². The van der Waals surface area contributed by atoms with Crippen LogP contribution in [0.5, 0.6) is 5.75 Å². The fraction of sp³-hybridized carbons (Fsp3) is 0.250. The van der Waals surface area contributed by atoms with Crippen molar-refractivity contribution in [2.24, 2.45) is 10.7 Å². The second-order valence-electron chi connectivity index (χ2n) is 5.71. The number of aliphatic imine (C=N–C) groups is 1. The Bertz CT molecular complexity index is 752. The summed E-state index contributed by atoms with van der Waals surface area (Å²) in [6.45, 7) is 4.65. The van der Waals surface area contributed by atoms with E-state index < -0.39 is 0 Å². The molecule has 0 fully saturated rings. The number of hydrogen-bond donors (Lipinski definition) is 1. The number of amidine groups is 1. The molecule has 0 saturated carbocycles. The third-order valence-electron chi connectivity index (χ3n) is 4.04. The van der Waals surface area contributed by atoms with Crippen LogP contribution in [0.4, 0.5) is 0 Å². The van der Waals surface area contributed by atoms with E-state index in [0.29, 0.717) is 18.1 Å². The smallest absolute Gasteiger partial charge is 0.698 e.